The molecule has 2 aromatic carbocycles. The van der Waals surface area contributed by atoms with Crippen LogP contribution in [0.25, 0.3) is 6.08 Å². The van der Waals surface area contributed by atoms with Crippen molar-refractivity contribution >= 4 is 27.8 Å². The minimum atomic E-state index is -3.73. The van der Waals surface area contributed by atoms with Gasteiger partial charge in [-0.1, -0.05) is 24.1 Å². The van der Waals surface area contributed by atoms with E-state index in [9.17, 15) is 23.3 Å². The number of carbonyl (C=O) groups excluding carboxylic acids is 1. The summed E-state index contributed by atoms with van der Waals surface area (Å²) in [4.78, 5) is 22.7. The van der Waals surface area contributed by atoms with Crippen LogP contribution in [0.4, 0.5) is 5.69 Å². The summed E-state index contributed by atoms with van der Waals surface area (Å²) in [5.74, 6) is -0.593. The molecular formula is C22H24N2O6S. The van der Waals surface area contributed by atoms with Crippen LogP contribution in [-0.2, 0) is 19.6 Å². The van der Waals surface area contributed by atoms with E-state index in [1.807, 2.05) is 6.92 Å². The zero-order valence-corrected chi connectivity index (χ0v) is 17.9. The molecule has 2 atom stereocenters. The third-order valence-corrected chi connectivity index (χ3v) is 6.63. The second kappa shape index (κ2) is 9.84. The van der Waals surface area contributed by atoms with Gasteiger partial charge in [-0.2, -0.15) is 0 Å². The van der Waals surface area contributed by atoms with Crippen LogP contribution in [-0.4, -0.2) is 31.5 Å². The van der Waals surface area contributed by atoms with E-state index in [0.29, 0.717) is 18.4 Å². The van der Waals surface area contributed by atoms with Crippen LogP contribution in [0.3, 0.4) is 0 Å². The number of ether oxygens (including phenoxy) is 1. The van der Waals surface area contributed by atoms with Gasteiger partial charge in [0.05, 0.1) is 15.9 Å². The second-order valence-corrected chi connectivity index (χ2v) is 9.20. The summed E-state index contributed by atoms with van der Waals surface area (Å²) in [6.07, 6.45) is 5.00. The summed E-state index contributed by atoms with van der Waals surface area (Å²) in [7, 11) is -3.73. The molecule has 1 aliphatic rings. The Morgan fingerprint density at radius 2 is 1.74 bits per heavy atom. The molecule has 3 rings (SSSR count). The van der Waals surface area contributed by atoms with Crippen molar-refractivity contribution in [1.82, 2.24) is 4.72 Å². The number of nitrogens with one attached hydrogen (secondary N) is 1. The highest BCUT2D eigenvalue weighted by Gasteiger charge is 2.31. The highest BCUT2D eigenvalue weighted by atomic mass is 32.2. The summed E-state index contributed by atoms with van der Waals surface area (Å²) >= 11 is 0. The van der Waals surface area contributed by atoms with E-state index in [2.05, 4.69) is 4.72 Å². The first kappa shape index (κ1) is 22.6. The van der Waals surface area contributed by atoms with Crippen molar-refractivity contribution in [2.75, 3.05) is 0 Å². The van der Waals surface area contributed by atoms with Crippen molar-refractivity contribution in [1.29, 1.82) is 0 Å². The van der Waals surface area contributed by atoms with Gasteiger partial charge in [0.1, 0.15) is 6.10 Å². The molecule has 9 heteroatoms. The highest BCUT2D eigenvalue weighted by molar-refractivity contribution is 7.89. The van der Waals surface area contributed by atoms with E-state index in [0.717, 1.165) is 18.4 Å². The number of nitro benzene ring substituents is 1. The summed E-state index contributed by atoms with van der Waals surface area (Å²) in [6, 6.07) is 11.8. The van der Waals surface area contributed by atoms with E-state index < -0.39 is 33.1 Å². The lowest BCUT2D eigenvalue weighted by Crippen LogP contribution is -2.46. The second-order valence-electron chi connectivity index (χ2n) is 7.48. The third kappa shape index (κ3) is 6.22. The number of hydrogen-bond donors (Lipinski definition) is 1. The molecule has 0 radical (unpaired) electrons. The maximum atomic E-state index is 12.7. The van der Waals surface area contributed by atoms with E-state index in [1.54, 1.807) is 24.3 Å². The molecule has 0 heterocycles. The van der Waals surface area contributed by atoms with Gasteiger partial charge in [-0.05, 0) is 62.1 Å². The standard InChI is InChI=1S/C22H24N2O6S/c1-16-6-13-19(14-7-16)31(28,29)23-20-4-2-3-5-21(20)30-22(25)15-10-17-8-11-18(12-9-17)24(26)27/h6-15,20-21,23H,2-5H2,1H3/b15-10+/t20-,21-/m1/s1. The minimum absolute atomic E-state index is 0.0364. The van der Waals surface area contributed by atoms with Gasteiger partial charge in [0.2, 0.25) is 10.0 Å². The molecule has 0 amide bonds. The van der Waals surface area contributed by atoms with E-state index in [1.165, 1.54) is 36.4 Å². The normalized spacial score (nSPS) is 19.3. The van der Waals surface area contributed by atoms with E-state index in [-0.39, 0.29) is 10.6 Å². The van der Waals surface area contributed by atoms with E-state index in [4.69, 9.17) is 4.74 Å². The number of carbonyl (C=O) groups is 1. The molecule has 0 aliphatic heterocycles. The molecule has 8 nitrogen and oxygen atoms in total. The van der Waals surface area contributed by atoms with Crippen LogP contribution < -0.4 is 4.72 Å². The van der Waals surface area contributed by atoms with E-state index >= 15 is 0 Å². The molecule has 0 unspecified atom stereocenters. The largest absolute Gasteiger partial charge is 0.458 e. The number of sulfonamides is 1. The van der Waals surface area contributed by atoms with Crippen molar-refractivity contribution in [2.24, 2.45) is 0 Å². The van der Waals surface area contributed by atoms with Crippen molar-refractivity contribution < 1.29 is 22.9 Å². The number of benzene rings is 2. The summed E-state index contributed by atoms with van der Waals surface area (Å²) < 4.78 is 33.6. The van der Waals surface area contributed by atoms with Crippen LogP contribution >= 0.6 is 0 Å². The van der Waals surface area contributed by atoms with Gasteiger partial charge in [0, 0.05) is 18.2 Å². The Bertz CT molecular complexity index is 1060. The molecule has 2 aromatic rings. The Hall–Kier alpha value is -3.04. The Kier molecular flexibility index (Phi) is 7.19. The molecule has 1 aliphatic carbocycles. The number of rotatable bonds is 7. The molecule has 0 spiro atoms. The molecule has 1 saturated carbocycles. The van der Waals surface area contributed by atoms with Gasteiger partial charge in [0.25, 0.3) is 5.69 Å². The summed E-state index contributed by atoms with van der Waals surface area (Å²) in [6.45, 7) is 1.88. The first-order valence-electron chi connectivity index (χ1n) is 9.97. The fourth-order valence-electron chi connectivity index (χ4n) is 3.42. The van der Waals surface area contributed by atoms with Crippen molar-refractivity contribution in [3.8, 4) is 0 Å². The van der Waals surface area contributed by atoms with Crippen LogP contribution in [0.15, 0.2) is 59.5 Å². The first-order valence-corrected chi connectivity index (χ1v) is 11.4. The van der Waals surface area contributed by atoms with Crippen molar-refractivity contribution in [2.45, 2.75) is 49.6 Å². The Morgan fingerprint density at radius 1 is 1.10 bits per heavy atom. The number of non-ortho nitro benzene ring substituents is 1. The van der Waals surface area contributed by atoms with Gasteiger partial charge < -0.3 is 4.74 Å². The average molecular weight is 445 g/mol. The van der Waals surface area contributed by atoms with Crippen LogP contribution in [0.5, 0.6) is 0 Å². The smallest absolute Gasteiger partial charge is 0.331 e. The van der Waals surface area contributed by atoms with Gasteiger partial charge in [0.15, 0.2) is 0 Å². The fraction of sp³-hybridized carbons (Fsp3) is 0.318. The summed E-state index contributed by atoms with van der Waals surface area (Å²) in [5, 5.41) is 10.7. The first-order chi connectivity index (χ1) is 14.7. The van der Waals surface area contributed by atoms with Gasteiger partial charge >= 0.3 is 5.97 Å². The maximum absolute atomic E-state index is 12.7. The SMILES string of the molecule is Cc1ccc(S(=O)(=O)N[C@@H]2CCCC[C@H]2OC(=O)/C=C/c2ccc([N+](=O)[O-])cc2)cc1. The number of hydrogen-bond acceptors (Lipinski definition) is 6. The molecule has 0 saturated heterocycles. The minimum Gasteiger partial charge on any atom is -0.458 e. The number of aryl methyl sites for hydroxylation is 1. The van der Waals surface area contributed by atoms with Gasteiger partial charge in [-0.3, -0.25) is 10.1 Å². The molecule has 1 N–H and O–H groups in total. The maximum Gasteiger partial charge on any atom is 0.331 e. The molecule has 0 aromatic heterocycles. The molecular weight excluding hydrogens is 420 g/mol. The van der Waals surface area contributed by atoms with Crippen LogP contribution in [0.2, 0.25) is 0 Å². The predicted molar refractivity (Wildman–Crippen MR) is 116 cm³/mol. The zero-order chi connectivity index (χ0) is 22.4. The number of nitrogens with zero attached hydrogens (tertiary/aromatic N) is 1. The fourth-order valence-corrected chi connectivity index (χ4v) is 4.72. The molecule has 31 heavy (non-hydrogen) atoms. The number of nitro groups is 1. The number of esters is 1. The molecule has 164 valence electrons. The zero-order valence-electron chi connectivity index (χ0n) is 17.1. The van der Waals surface area contributed by atoms with Crippen LogP contribution in [0.1, 0.15) is 36.8 Å². The van der Waals surface area contributed by atoms with Gasteiger partial charge in [-0.25, -0.2) is 17.9 Å². The molecule has 0 bridgehead atoms. The predicted octanol–water partition coefficient (Wildman–Crippen LogP) is 3.75. The summed E-state index contributed by atoms with van der Waals surface area (Å²) in [5.41, 5.74) is 1.54. The topological polar surface area (TPSA) is 116 Å². The Labute approximate surface area is 181 Å². The highest BCUT2D eigenvalue weighted by Crippen LogP contribution is 2.24. The van der Waals surface area contributed by atoms with Crippen LogP contribution in [0, 0.1) is 17.0 Å². The quantitative estimate of drug-likeness (QED) is 0.301. The third-order valence-electron chi connectivity index (χ3n) is 5.12. The van der Waals surface area contributed by atoms with Crippen molar-refractivity contribution in [3.63, 3.8) is 0 Å². The Balaban J connectivity index is 1.64. The average Bonchev–Trinajstić information content (AvgIpc) is 2.74. The monoisotopic (exact) mass is 444 g/mol. The lowest BCUT2D eigenvalue weighted by atomic mass is 9.93. The van der Waals surface area contributed by atoms with Gasteiger partial charge in [-0.15, -0.1) is 0 Å². The lowest BCUT2D eigenvalue weighted by Gasteiger charge is -2.31. The molecule has 1 fully saturated rings. The Morgan fingerprint density at radius 3 is 2.39 bits per heavy atom. The lowest BCUT2D eigenvalue weighted by molar-refractivity contribution is -0.384. The van der Waals surface area contributed by atoms with Crippen molar-refractivity contribution in [3.05, 3.63) is 75.8 Å².